The molecule has 0 bridgehead atoms. The largest absolute Gasteiger partial charge is 0.573 e. The van der Waals surface area contributed by atoms with Crippen LogP contribution < -0.4 is 10.1 Å². The maximum atomic E-state index is 12.3. The Morgan fingerprint density at radius 3 is 2.47 bits per heavy atom. The van der Waals surface area contributed by atoms with Gasteiger partial charge in [-0.15, -0.1) is 13.2 Å². The van der Waals surface area contributed by atoms with Crippen molar-refractivity contribution in [2.45, 2.75) is 51.1 Å². The van der Waals surface area contributed by atoms with Gasteiger partial charge in [0, 0.05) is 18.2 Å². The van der Waals surface area contributed by atoms with Crippen molar-refractivity contribution in [3.8, 4) is 5.75 Å². The summed E-state index contributed by atoms with van der Waals surface area (Å²) in [5.74, 6) is -0.113. The summed E-state index contributed by atoms with van der Waals surface area (Å²) in [5, 5.41) is 3.32. The number of rotatable bonds is 4. The van der Waals surface area contributed by atoms with Crippen molar-refractivity contribution in [2.24, 2.45) is 0 Å². The van der Waals surface area contributed by atoms with Crippen molar-refractivity contribution >= 4 is 0 Å². The lowest BCUT2D eigenvalue weighted by Gasteiger charge is -2.23. The number of hydrogen-bond donors (Lipinski definition) is 1. The van der Waals surface area contributed by atoms with Crippen LogP contribution in [-0.4, -0.2) is 12.4 Å². The second-order valence-corrected chi connectivity index (χ2v) is 4.87. The van der Waals surface area contributed by atoms with Crippen LogP contribution >= 0.6 is 0 Å². The zero-order valence-electron chi connectivity index (χ0n) is 10.7. The van der Waals surface area contributed by atoms with Crippen LogP contribution in [-0.2, 0) is 6.54 Å². The molecule has 0 radical (unpaired) electrons. The maximum Gasteiger partial charge on any atom is 0.573 e. The highest BCUT2D eigenvalue weighted by Gasteiger charge is 2.31. The number of hydrogen-bond acceptors (Lipinski definition) is 2. The van der Waals surface area contributed by atoms with Crippen LogP contribution in [0.15, 0.2) is 24.3 Å². The van der Waals surface area contributed by atoms with Crippen molar-refractivity contribution in [1.29, 1.82) is 0 Å². The van der Waals surface area contributed by atoms with Gasteiger partial charge in [0.1, 0.15) is 5.75 Å². The SMILES string of the molecule is FC(F)(F)Oc1ccccc1CNC1CCCCC1. The average Bonchev–Trinajstić information content (AvgIpc) is 2.37. The van der Waals surface area contributed by atoms with E-state index in [0.29, 0.717) is 18.2 Å². The van der Waals surface area contributed by atoms with Crippen molar-refractivity contribution in [2.75, 3.05) is 0 Å². The van der Waals surface area contributed by atoms with E-state index in [9.17, 15) is 13.2 Å². The zero-order chi connectivity index (χ0) is 13.7. The summed E-state index contributed by atoms with van der Waals surface area (Å²) in [6.45, 7) is 0.414. The lowest BCUT2D eigenvalue weighted by molar-refractivity contribution is -0.274. The van der Waals surface area contributed by atoms with Gasteiger partial charge in [-0.3, -0.25) is 0 Å². The number of alkyl halides is 3. The third-order valence-corrected chi connectivity index (χ3v) is 3.38. The van der Waals surface area contributed by atoms with Crippen molar-refractivity contribution < 1.29 is 17.9 Å². The molecule has 1 aromatic carbocycles. The molecule has 106 valence electrons. The molecule has 1 aliphatic carbocycles. The Hall–Kier alpha value is -1.23. The summed E-state index contributed by atoms with van der Waals surface area (Å²) in [6.07, 6.45) is 1.20. The Bertz CT molecular complexity index is 400. The van der Waals surface area contributed by atoms with E-state index in [1.54, 1.807) is 18.2 Å². The molecule has 1 aromatic rings. The van der Waals surface area contributed by atoms with Crippen LogP contribution in [0, 0.1) is 0 Å². The molecule has 19 heavy (non-hydrogen) atoms. The third-order valence-electron chi connectivity index (χ3n) is 3.38. The van der Waals surface area contributed by atoms with E-state index >= 15 is 0 Å². The van der Waals surface area contributed by atoms with Crippen molar-refractivity contribution in [1.82, 2.24) is 5.32 Å². The molecular weight excluding hydrogens is 255 g/mol. The predicted molar refractivity (Wildman–Crippen MR) is 66.8 cm³/mol. The van der Waals surface area contributed by atoms with Gasteiger partial charge in [0.2, 0.25) is 0 Å². The second kappa shape index (κ2) is 6.28. The monoisotopic (exact) mass is 273 g/mol. The van der Waals surface area contributed by atoms with Crippen molar-refractivity contribution in [3.05, 3.63) is 29.8 Å². The molecule has 1 fully saturated rings. The smallest absolute Gasteiger partial charge is 0.405 e. The zero-order valence-corrected chi connectivity index (χ0v) is 10.7. The van der Waals surface area contributed by atoms with Gasteiger partial charge >= 0.3 is 6.36 Å². The fraction of sp³-hybridized carbons (Fsp3) is 0.571. The van der Waals surface area contributed by atoms with Gasteiger partial charge in [0.15, 0.2) is 0 Å². The van der Waals surface area contributed by atoms with Crippen molar-refractivity contribution in [3.63, 3.8) is 0 Å². The minimum atomic E-state index is -4.64. The summed E-state index contributed by atoms with van der Waals surface area (Å²) in [5.41, 5.74) is 0.547. The molecule has 0 heterocycles. The number of halogens is 3. The van der Waals surface area contributed by atoms with Gasteiger partial charge < -0.3 is 10.1 Å². The number of benzene rings is 1. The highest BCUT2D eigenvalue weighted by molar-refractivity contribution is 5.33. The molecule has 1 N–H and O–H groups in total. The molecule has 0 aliphatic heterocycles. The first-order valence-corrected chi connectivity index (χ1v) is 6.61. The highest BCUT2D eigenvalue weighted by Crippen LogP contribution is 2.26. The van der Waals surface area contributed by atoms with Crippen LogP contribution in [0.5, 0.6) is 5.75 Å². The number of para-hydroxylation sites is 1. The molecule has 0 aromatic heterocycles. The van der Waals surface area contributed by atoms with Gasteiger partial charge in [-0.25, -0.2) is 0 Å². The topological polar surface area (TPSA) is 21.3 Å². The predicted octanol–water partition coefficient (Wildman–Crippen LogP) is 4.01. The second-order valence-electron chi connectivity index (χ2n) is 4.87. The van der Waals surface area contributed by atoms with Gasteiger partial charge in [0.05, 0.1) is 0 Å². The molecule has 0 atom stereocenters. The molecule has 2 nitrogen and oxygen atoms in total. The van der Waals surface area contributed by atoms with Gasteiger partial charge in [-0.1, -0.05) is 37.5 Å². The Balaban J connectivity index is 1.95. The molecule has 5 heteroatoms. The normalized spacial score (nSPS) is 17.4. The Morgan fingerprint density at radius 2 is 1.79 bits per heavy atom. The van der Waals surface area contributed by atoms with Crippen LogP contribution in [0.4, 0.5) is 13.2 Å². The number of ether oxygens (including phenoxy) is 1. The van der Waals surface area contributed by atoms with E-state index in [4.69, 9.17) is 0 Å². The van der Waals surface area contributed by atoms with E-state index in [0.717, 1.165) is 12.8 Å². The molecule has 0 unspecified atom stereocenters. The highest BCUT2D eigenvalue weighted by atomic mass is 19.4. The fourth-order valence-corrected chi connectivity index (χ4v) is 2.44. The average molecular weight is 273 g/mol. The molecule has 2 rings (SSSR count). The Kier molecular flexibility index (Phi) is 4.69. The molecule has 1 saturated carbocycles. The van der Waals surface area contributed by atoms with Crippen LogP contribution in [0.2, 0.25) is 0 Å². The third kappa shape index (κ3) is 4.74. The molecule has 0 saturated heterocycles. The standard InChI is InChI=1S/C14H18F3NO/c15-14(16,17)19-13-9-5-4-6-11(13)10-18-12-7-2-1-3-8-12/h4-6,9,12,18H,1-3,7-8,10H2. The molecule has 0 spiro atoms. The Labute approximate surface area is 111 Å². The van der Waals surface area contributed by atoms with Gasteiger partial charge in [-0.05, 0) is 18.9 Å². The molecule has 0 amide bonds. The first-order valence-electron chi connectivity index (χ1n) is 6.61. The number of nitrogens with one attached hydrogen (secondary N) is 1. The Morgan fingerprint density at radius 1 is 1.11 bits per heavy atom. The quantitative estimate of drug-likeness (QED) is 0.895. The maximum absolute atomic E-state index is 12.3. The first kappa shape index (κ1) is 14.2. The molecular formula is C14H18F3NO. The summed E-state index contributed by atoms with van der Waals surface area (Å²) in [7, 11) is 0. The summed E-state index contributed by atoms with van der Waals surface area (Å²) < 4.78 is 40.9. The van der Waals surface area contributed by atoms with Gasteiger partial charge in [0.25, 0.3) is 0 Å². The fourth-order valence-electron chi connectivity index (χ4n) is 2.44. The lowest BCUT2D eigenvalue weighted by Crippen LogP contribution is -2.30. The van der Waals surface area contributed by atoms with E-state index in [1.807, 2.05) is 0 Å². The minimum Gasteiger partial charge on any atom is -0.405 e. The van der Waals surface area contributed by atoms with Crippen LogP contribution in [0.3, 0.4) is 0 Å². The summed E-state index contributed by atoms with van der Waals surface area (Å²) >= 11 is 0. The van der Waals surface area contributed by atoms with Crippen LogP contribution in [0.25, 0.3) is 0 Å². The van der Waals surface area contributed by atoms with E-state index in [-0.39, 0.29) is 5.75 Å². The summed E-state index contributed by atoms with van der Waals surface area (Å²) in [6, 6.07) is 6.70. The van der Waals surface area contributed by atoms with Crippen LogP contribution in [0.1, 0.15) is 37.7 Å². The first-order chi connectivity index (χ1) is 9.04. The summed E-state index contributed by atoms with van der Waals surface area (Å²) in [4.78, 5) is 0. The lowest BCUT2D eigenvalue weighted by atomic mass is 9.95. The molecule has 1 aliphatic rings. The minimum absolute atomic E-state index is 0.113. The van der Waals surface area contributed by atoms with E-state index in [2.05, 4.69) is 10.1 Å². The van der Waals surface area contributed by atoms with Gasteiger partial charge in [-0.2, -0.15) is 0 Å². The van der Waals surface area contributed by atoms with E-state index < -0.39 is 6.36 Å². The van der Waals surface area contributed by atoms with E-state index in [1.165, 1.54) is 25.3 Å².